The van der Waals surface area contributed by atoms with Crippen LogP contribution in [0.1, 0.15) is 0 Å². The average Bonchev–Trinajstić information content (AvgIpc) is 2.04. The van der Waals surface area contributed by atoms with E-state index in [1.54, 1.807) is 18.3 Å². The van der Waals surface area contributed by atoms with E-state index < -0.39 is 0 Å². The highest BCUT2D eigenvalue weighted by molar-refractivity contribution is 5.35. The number of aromatic nitrogens is 1. The van der Waals surface area contributed by atoms with Crippen LogP contribution in [0.2, 0.25) is 0 Å². The Labute approximate surface area is 65.2 Å². The molecule has 1 rings (SSSR count). The van der Waals surface area contributed by atoms with Crippen molar-refractivity contribution in [3.8, 4) is 5.88 Å². The molecule has 11 heavy (non-hydrogen) atoms. The average molecular weight is 153 g/mol. The first-order chi connectivity index (χ1) is 5.33. The Kier molecular flexibility index (Phi) is 2.68. The summed E-state index contributed by atoms with van der Waals surface area (Å²) in [6, 6.07) is 3.45. The van der Waals surface area contributed by atoms with Crippen molar-refractivity contribution in [3.05, 3.63) is 18.3 Å². The lowest BCUT2D eigenvalue weighted by Gasteiger charge is -2.01. The number of rotatable bonds is 3. The maximum Gasteiger partial charge on any atom is 0.213 e. The standard InChI is InChI=1S/C7H11N3O/c8-3-4-11-7-2-1-6(9)5-10-7/h1-2,5H,3-4,8-9H2. The Morgan fingerprint density at radius 3 is 2.82 bits per heavy atom. The first-order valence-electron chi connectivity index (χ1n) is 3.37. The Hall–Kier alpha value is -1.29. The van der Waals surface area contributed by atoms with Gasteiger partial charge in [0.2, 0.25) is 5.88 Å². The Morgan fingerprint density at radius 2 is 2.27 bits per heavy atom. The number of pyridine rings is 1. The van der Waals surface area contributed by atoms with E-state index in [2.05, 4.69) is 4.98 Å². The van der Waals surface area contributed by atoms with Crippen LogP contribution in [0.4, 0.5) is 5.69 Å². The third-order valence-corrected chi connectivity index (χ3v) is 1.13. The fourth-order valence-electron chi connectivity index (χ4n) is 0.641. The number of hydrogen-bond acceptors (Lipinski definition) is 4. The van der Waals surface area contributed by atoms with Crippen molar-refractivity contribution in [1.29, 1.82) is 0 Å². The van der Waals surface area contributed by atoms with Crippen LogP contribution in [-0.2, 0) is 0 Å². The van der Waals surface area contributed by atoms with Gasteiger partial charge in [-0.3, -0.25) is 0 Å². The summed E-state index contributed by atoms with van der Waals surface area (Å²) < 4.78 is 5.12. The molecule has 0 spiro atoms. The molecule has 0 bridgehead atoms. The summed E-state index contributed by atoms with van der Waals surface area (Å²) in [6.07, 6.45) is 1.55. The van der Waals surface area contributed by atoms with Crippen molar-refractivity contribution < 1.29 is 4.74 Å². The van der Waals surface area contributed by atoms with Gasteiger partial charge in [-0.2, -0.15) is 0 Å². The molecule has 0 atom stereocenters. The van der Waals surface area contributed by atoms with Crippen LogP contribution < -0.4 is 16.2 Å². The third kappa shape index (κ3) is 2.43. The van der Waals surface area contributed by atoms with Crippen LogP contribution in [0.5, 0.6) is 5.88 Å². The summed E-state index contributed by atoms with van der Waals surface area (Å²) in [5, 5.41) is 0. The molecule has 60 valence electrons. The van der Waals surface area contributed by atoms with Crippen LogP contribution in [0.15, 0.2) is 18.3 Å². The zero-order valence-corrected chi connectivity index (χ0v) is 6.16. The predicted molar refractivity (Wildman–Crippen MR) is 43.2 cm³/mol. The van der Waals surface area contributed by atoms with Crippen molar-refractivity contribution in [2.75, 3.05) is 18.9 Å². The third-order valence-electron chi connectivity index (χ3n) is 1.13. The maximum atomic E-state index is 5.41. The Bertz CT molecular complexity index is 209. The summed E-state index contributed by atoms with van der Waals surface area (Å²) >= 11 is 0. The first-order valence-corrected chi connectivity index (χ1v) is 3.37. The fourth-order valence-corrected chi connectivity index (χ4v) is 0.641. The lowest BCUT2D eigenvalue weighted by Crippen LogP contribution is -2.11. The van der Waals surface area contributed by atoms with Crippen LogP contribution in [0.3, 0.4) is 0 Å². The van der Waals surface area contributed by atoms with Gasteiger partial charge in [-0.1, -0.05) is 0 Å². The normalized spacial score (nSPS) is 9.55. The van der Waals surface area contributed by atoms with E-state index in [1.807, 2.05) is 0 Å². The van der Waals surface area contributed by atoms with E-state index in [9.17, 15) is 0 Å². The van der Waals surface area contributed by atoms with Gasteiger partial charge in [0.1, 0.15) is 6.61 Å². The van der Waals surface area contributed by atoms with Gasteiger partial charge in [0, 0.05) is 12.6 Å². The molecule has 0 aromatic carbocycles. The van der Waals surface area contributed by atoms with E-state index in [0.717, 1.165) is 0 Å². The predicted octanol–water partition coefficient (Wildman–Crippen LogP) is 0.00130. The summed E-state index contributed by atoms with van der Waals surface area (Å²) in [5.74, 6) is 0.560. The van der Waals surface area contributed by atoms with Gasteiger partial charge >= 0.3 is 0 Å². The molecule has 1 aromatic heterocycles. The monoisotopic (exact) mass is 153 g/mol. The largest absolute Gasteiger partial charge is 0.476 e. The van der Waals surface area contributed by atoms with Gasteiger partial charge < -0.3 is 16.2 Å². The first kappa shape index (κ1) is 7.81. The molecule has 4 heteroatoms. The van der Waals surface area contributed by atoms with Crippen LogP contribution in [0, 0.1) is 0 Å². The lowest BCUT2D eigenvalue weighted by molar-refractivity contribution is 0.316. The second-order valence-corrected chi connectivity index (χ2v) is 2.07. The molecular weight excluding hydrogens is 142 g/mol. The van der Waals surface area contributed by atoms with Crippen molar-refractivity contribution in [3.63, 3.8) is 0 Å². The van der Waals surface area contributed by atoms with E-state index in [-0.39, 0.29) is 0 Å². The zero-order valence-electron chi connectivity index (χ0n) is 6.16. The van der Waals surface area contributed by atoms with Crippen molar-refractivity contribution >= 4 is 5.69 Å². The Morgan fingerprint density at radius 1 is 1.45 bits per heavy atom. The molecule has 0 saturated carbocycles. The Balaban J connectivity index is 2.52. The minimum atomic E-state index is 0.483. The van der Waals surface area contributed by atoms with Gasteiger partial charge in [0.25, 0.3) is 0 Å². The minimum absolute atomic E-state index is 0.483. The highest BCUT2D eigenvalue weighted by Gasteiger charge is 1.91. The highest BCUT2D eigenvalue weighted by atomic mass is 16.5. The highest BCUT2D eigenvalue weighted by Crippen LogP contribution is 2.07. The number of nitrogens with zero attached hydrogens (tertiary/aromatic N) is 1. The van der Waals surface area contributed by atoms with E-state index in [1.165, 1.54) is 0 Å². The molecule has 1 heterocycles. The number of ether oxygens (including phenoxy) is 1. The second kappa shape index (κ2) is 3.78. The number of anilines is 1. The summed E-state index contributed by atoms with van der Waals surface area (Å²) in [5.41, 5.74) is 11.3. The van der Waals surface area contributed by atoms with Crippen LogP contribution in [-0.4, -0.2) is 18.1 Å². The molecule has 4 nitrogen and oxygen atoms in total. The van der Waals surface area contributed by atoms with E-state index in [0.29, 0.717) is 24.7 Å². The van der Waals surface area contributed by atoms with Crippen molar-refractivity contribution in [2.24, 2.45) is 5.73 Å². The summed E-state index contributed by atoms with van der Waals surface area (Å²) in [7, 11) is 0. The molecule has 0 aliphatic heterocycles. The van der Waals surface area contributed by atoms with Crippen LogP contribution >= 0.6 is 0 Å². The summed E-state index contributed by atoms with van der Waals surface area (Å²) in [6.45, 7) is 0.975. The molecule has 0 aliphatic carbocycles. The minimum Gasteiger partial charge on any atom is -0.476 e. The van der Waals surface area contributed by atoms with Crippen LogP contribution in [0.25, 0.3) is 0 Å². The molecule has 0 fully saturated rings. The summed E-state index contributed by atoms with van der Waals surface area (Å²) in [4.78, 5) is 3.91. The fraction of sp³-hybridized carbons (Fsp3) is 0.286. The maximum absolute atomic E-state index is 5.41. The van der Waals surface area contributed by atoms with Gasteiger partial charge in [-0.05, 0) is 6.07 Å². The smallest absolute Gasteiger partial charge is 0.213 e. The molecule has 4 N–H and O–H groups in total. The molecular formula is C7H11N3O. The van der Waals surface area contributed by atoms with Gasteiger partial charge in [0.05, 0.1) is 11.9 Å². The number of nitrogens with two attached hydrogens (primary N) is 2. The van der Waals surface area contributed by atoms with Gasteiger partial charge in [-0.25, -0.2) is 4.98 Å². The van der Waals surface area contributed by atoms with Gasteiger partial charge in [-0.15, -0.1) is 0 Å². The molecule has 0 radical (unpaired) electrons. The van der Waals surface area contributed by atoms with E-state index in [4.69, 9.17) is 16.2 Å². The zero-order chi connectivity index (χ0) is 8.10. The van der Waals surface area contributed by atoms with Crippen molar-refractivity contribution in [1.82, 2.24) is 4.98 Å². The molecule has 0 saturated heterocycles. The number of nitrogen functional groups attached to an aromatic ring is 1. The quantitative estimate of drug-likeness (QED) is 0.641. The molecule has 0 aliphatic rings. The SMILES string of the molecule is NCCOc1ccc(N)cn1. The van der Waals surface area contributed by atoms with Gasteiger partial charge in [0.15, 0.2) is 0 Å². The lowest BCUT2D eigenvalue weighted by atomic mass is 10.4. The number of hydrogen-bond donors (Lipinski definition) is 2. The molecule has 1 aromatic rings. The van der Waals surface area contributed by atoms with E-state index >= 15 is 0 Å². The topological polar surface area (TPSA) is 74.2 Å². The second-order valence-electron chi connectivity index (χ2n) is 2.07. The van der Waals surface area contributed by atoms with Crippen molar-refractivity contribution in [2.45, 2.75) is 0 Å². The molecule has 0 amide bonds. The molecule has 0 unspecified atom stereocenters.